The highest BCUT2D eigenvalue weighted by Crippen LogP contribution is 2.31. The van der Waals surface area contributed by atoms with Crippen LogP contribution in [0.5, 0.6) is 0 Å². The van der Waals surface area contributed by atoms with Gasteiger partial charge in [0, 0.05) is 13.6 Å². The highest BCUT2D eigenvalue weighted by molar-refractivity contribution is 5.97. The SMILES string of the molecule is Cc1nn(C)c(C(=O)NCCC2CC2)c1N. The molecule has 1 heterocycles. The third kappa shape index (κ3) is 2.18. The Hall–Kier alpha value is -1.52. The molecule has 0 aromatic carbocycles. The van der Waals surface area contributed by atoms with Gasteiger partial charge in [-0.05, 0) is 19.3 Å². The first kappa shape index (κ1) is 11.0. The lowest BCUT2D eigenvalue weighted by atomic mass is 10.2. The van der Waals surface area contributed by atoms with Crippen molar-refractivity contribution < 1.29 is 4.79 Å². The molecule has 88 valence electrons. The van der Waals surface area contributed by atoms with Crippen LogP contribution in [0, 0.1) is 12.8 Å². The number of aromatic nitrogens is 2. The number of carbonyl (C=O) groups is 1. The number of hydrogen-bond acceptors (Lipinski definition) is 3. The molecule has 0 unspecified atom stereocenters. The van der Waals surface area contributed by atoms with E-state index in [4.69, 9.17) is 5.73 Å². The summed E-state index contributed by atoms with van der Waals surface area (Å²) in [5.41, 5.74) is 7.45. The number of carbonyl (C=O) groups excluding carboxylic acids is 1. The van der Waals surface area contributed by atoms with E-state index in [1.165, 1.54) is 17.5 Å². The van der Waals surface area contributed by atoms with Crippen LogP contribution in [0.3, 0.4) is 0 Å². The van der Waals surface area contributed by atoms with Crippen molar-refractivity contribution in [2.24, 2.45) is 13.0 Å². The second-order valence-corrected chi connectivity index (χ2v) is 4.46. The number of rotatable bonds is 4. The van der Waals surface area contributed by atoms with E-state index in [9.17, 15) is 4.79 Å². The van der Waals surface area contributed by atoms with Gasteiger partial charge in [-0.15, -0.1) is 0 Å². The smallest absolute Gasteiger partial charge is 0.271 e. The summed E-state index contributed by atoms with van der Waals surface area (Å²) < 4.78 is 1.54. The Balaban J connectivity index is 1.96. The fourth-order valence-corrected chi connectivity index (χ4v) is 1.82. The van der Waals surface area contributed by atoms with Gasteiger partial charge >= 0.3 is 0 Å². The van der Waals surface area contributed by atoms with Crippen LogP contribution in [0.1, 0.15) is 35.4 Å². The molecular weight excluding hydrogens is 204 g/mol. The molecule has 1 fully saturated rings. The van der Waals surface area contributed by atoms with Gasteiger partial charge in [0.1, 0.15) is 5.69 Å². The van der Waals surface area contributed by atoms with Gasteiger partial charge in [0.25, 0.3) is 5.91 Å². The van der Waals surface area contributed by atoms with E-state index in [-0.39, 0.29) is 5.91 Å². The molecule has 3 N–H and O–H groups in total. The molecule has 1 aromatic heterocycles. The monoisotopic (exact) mass is 222 g/mol. The number of amides is 1. The second-order valence-electron chi connectivity index (χ2n) is 4.46. The summed E-state index contributed by atoms with van der Waals surface area (Å²) in [7, 11) is 1.74. The number of nitrogens with two attached hydrogens (primary N) is 1. The molecule has 1 aliphatic rings. The molecule has 2 rings (SSSR count). The first-order valence-corrected chi connectivity index (χ1v) is 5.67. The minimum atomic E-state index is -0.124. The molecule has 0 radical (unpaired) electrons. The largest absolute Gasteiger partial charge is 0.395 e. The van der Waals surface area contributed by atoms with Gasteiger partial charge < -0.3 is 11.1 Å². The van der Waals surface area contributed by atoms with Crippen molar-refractivity contribution in [3.63, 3.8) is 0 Å². The van der Waals surface area contributed by atoms with Gasteiger partial charge in [0.15, 0.2) is 0 Å². The normalized spacial score (nSPS) is 15.1. The molecular formula is C11H18N4O. The molecule has 0 spiro atoms. The molecule has 16 heavy (non-hydrogen) atoms. The van der Waals surface area contributed by atoms with E-state index < -0.39 is 0 Å². The molecule has 0 saturated heterocycles. The third-order valence-electron chi connectivity index (χ3n) is 3.02. The van der Waals surface area contributed by atoms with Gasteiger partial charge in [0.2, 0.25) is 0 Å². The Morgan fingerprint density at radius 2 is 2.31 bits per heavy atom. The Morgan fingerprint density at radius 1 is 1.62 bits per heavy atom. The van der Waals surface area contributed by atoms with Crippen LogP contribution in [-0.2, 0) is 7.05 Å². The summed E-state index contributed by atoms with van der Waals surface area (Å²) in [6, 6.07) is 0. The highest BCUT2D eigenvalue weighted by atomic mass is 16.2. The first-order valence-electron chi connectivity index (χ1n) is 5.67. The summed E-state index contributed by atoms with van der Waals surface area (Å²) in [4.78, 5) is 11.8. The van der Waals surface area contributed by atoms with Crippen molar-refractivity contribution in [1.29, 1.82) is 0 Å². The lowest BCUT2D eigenvalue weighted by Crippen LogP contribution is -2.27. The predicted molar refractivity (Wildman–Crippen MR) is 62.0 cm³/mol. The zero-order valence-corrected chi connectivity index (χ0v) is 9.79. The topological polar surface area (TPSA) is 72.9 Å². The number of aryl methyl sites for hydroxylation is 2. The van der Waals surface area contributed by atoms with E-state index in [1.54, 1.807) is 14.0 Å². The molecule has 5 nitrogen and oxygen atoms in total. The van der Waals surface area contributed by atoms with Crippen molar-refractivity contribution in [1.82, 2.24) is 15.1 Å². The Morgan fingerprint density at radius 3 is 2.81 bits per heavy atom. The zero-order valence-electron chi connectivity index (χ0n) is 9.79. The van der Waals surface area contributed by atoms with Crippen molar-refractivity contribution in [3.05, 3.63) is 11.4 Å². The summed E-state index contributed by atoms with van der Waals surface area (Å²) in [5.74, 6) is 0.701. The van der Waals surface area contributed by atoms with Crippen LogP contribution >= 0.6 is 0 Å². The average molecular weight is 222 g/mol. The molecule has 1 amide bonds. The van der Waals surface area contributed by atoms with Crippen LogP contribution < -0.4 is 11.1 Å². The maximum absolute atomic E-state index is 11.8. The Kier molecular flexibility index (Phi) is 2.85. The summed E-state index contributed by atoms with van der Waals surface area (Å²) in [5, 5.41) is 7.00. The average Bonchev–Trinajstić information content (AvgIpc) is 2.97. The summed E-state index contributed by atoms with van der Waals surface area (Å²) in [6.07, 6.45) is 3.69. The van der Waals surface area contributed by atoms with Crippen molar-refractivity contribution in [2.45, 2.75) is 26.2 Å². The molecule has 0 bridgehead atoms. The standard InChI is InChI=1S/C11H18N4O/c1-7-9(12)10(15(2)14-7)11(16)13-6-5-8-3-4-8/h8H,3-6,12H2,1-2H3,(H,13,16). The van der Waals surface area contributed by atoms with Crippen LogP contribution in [0.2, 0.25) is 0 Å². The van der Waals surface area contributed by atoms with Gasteiger partial charge in [-0.25, -0.2) is 0 Å². The van der Waals surface area contributed by atoms with Gasteiger partial charge in [-0.1, -0.05) is 12.8 Å². The third-order valence-corrected chi connectivity index (χ3v) is 3.02. The molecule has 0 atom stereocenters. The fraction of sp³-hybridized carbons (Fsp3) is 0.636. The molecule has 0 aliphatic heterocycles. The number of nitrogens with one attached hydrogen (secondary N) is 1. The van der Waals surface area contributed by atoms with Crippen molar-refractivity contribution >= 4 is 11.6 Å². The number of hydrogen-bond donors (Lipinski definition) is 2. The van der Waals surface area contributed by atoms with E-state index in [0.29, 0.717) is 17.1 Å². The van der Waals surface area contributed by atoms with Crippen molar-refractivity contribution in [2.75, 3.05) is 12.3 Å². The maximum Gasteiger partial charge on any atom is 0.271 e. The van der Waals surface area contributed by atoms with Gasteiger partial charge in [0.05, 0.1) is 11.4 Å². The number of nitrogens with zero attached hydrogens (tertiary/aromatic N) is 2. The van der Waals surface area contributed by atoms with Crippen LogP contribution in [0.15, 0.2) is 0 Å². The minimum absolute atomic E-state index is 0.124. The molecule has 1 aliphatic carbocycles. The minimum Gasteiger partial charge on any atom is -0.395 e. The van der Waals surface area contributed by atoms with Crippen LogP contribution in [0.4, 0.5) is 5.69 Å². The van der Waals surface area contributed by atoms with E-state index in [2.05, 4.69) is 10.4 Å². The Bertz CT molecular complexity index is 406. The van der Waals surface area contributed by atoms with Crippen LogP contribution in [-0.4, -0.2) is 22.2 Å². The molecule has 1 saturated carbocycles. The maximum atomic E-state index is 11.8. The lowest BCUT2D eigenvalue weighted by molar-refractivity contribution is 0.0944. The fourth-order valence-electron chi connectivity index (χ4n) is 1.82. The first-order chi connectivity index (χ1) is 7.59. The highest BCUT2D eigenvalue weighted by Gasteiger charge is 2.22. The second kappa shape index (κ2) is 4.15. The molecule has 1 aromatic rings. The number of nitrogen functional groups attached to an aromatic ring is 1. The number of anilines is 1. The van der Waals surface area contributed by atoms with Gasteiger partial charge in [-0.3, -0.25) is 9.48 Å². The van der Waals surface area contributed by atoms with E-state index in [0.717, 1.165) is 18.9 Å². The summed E-state index contributed by atoms with van der Waals surface area (Å²) >= 11 is 0. The van der Waals surface area contributed by atoms with Crippen LogP contribution in [0.25, 0.3) is 0 Å². The summed E-state index contributed by atoms with van der Waals surface area (Å²) in [6.45, 7) is 2.53. The molecule has 5 heteroatoms. The zero-order chi connectivity index (χ0) is 11.7. The van der Waals surface area contributed by atoms with E-state index in [1.807, 2.05) is 0 Å². The lowest BCUT2D eigenvalue weighted by Gasteiger charge is -2.05. The quantitative estimate of drug-likeness (QED) is 0.793. The Labute approximate surface area is 95.0 Å². The van der Waals surface area contributed by atoms with Gasteiger partial charge in [-0.2, -0.15) is 5.10 Å². The van der Waals surface area contributed by atoms with Crippen molar-refractivity contribution in [3.8, 4) is 0 Å². The predicted octanol–water partition coefficient (Wildman–Crippen LogP) is 0.841. The van der Waals surface area contributed by atoms with E-state index >= 15 is 0 Å².